The maximum Gasteiger partial charge on any atom is 0.269 e. The van der Waals surface area contributed by atoms with E-state index >= 15 is 0 Å². The summed E-state index contributed by atoms with van der Waals surface area (Å²) in [6.45, 7) is 3.19. The second kappa shape index (κ2) is 4.93. The minimum atomic E-state index is -0.464. The first-order valence-electron chi connectivity index (χ1n) is 5.58. The van der Waals surface area contributed by atoms with Crippen LogP contribution in [-0.4, -0.2) is 20.7 Å². The van der Waals surface area contributed by atoms with E-state index < -0.39 is 4.92 Å². The van der Waals surface area contributed by atoms with Crippen molar-refractivity contribution in [2.24, 2.45) is 0 Å². The van der Waals surface area contributed by atoms with Crippen LogP contribution in [-0.2, 0) is 0 Å². The Morgan fingerprint density at radius 3 is 2.37 bits per heavy atom. The fourth-order valence-corrected chi connectivity index (χ4v) is 1.68. The quantitative estimate of drug-likeness (QED) is 0.479. The minimum Gasteiger partial charge on any atom is -0.294 e. The van der Waals surface area contributed by atoms with E-state index in [1.54, 1.807) is 19.1 Å². The molecule has 0 atom stereocenters. The van der Waals surface area contributed by atoms with E-state index in [9.17, 15) is 14.9 Å². The van der Waals surface area contributed by atoms with Gasteiger partial charge in [0.25, 0.3) is 5.69 Å². The smallest absolute Gasteiger partial charge is 0.269 e. The Morgan fingerprint density at radius 2 is 1.89 bits per heavy atom. The number of nitrogens with zero attached hydrogens (tertiary/aromatic N) is 3. The van der Waals surface area contributed by atoms with E-state index in [1.807, 2.05) is 0 Å². The van der Waals surface area contributed by atoms with Crippen LogP contribution in [0.3, 0.4) is 0 Å². The first-order chi connectivity index (χ1) is 8.99. The number of hydrogen-bond acceptors (Lipinski definition) is 5. The van der Waals surface area contributed by atoms with Crippen LogP contribution in [0, 0.1) is 17.0 Å². The third kappa shape index (κ3) is 2.62. The number of ketones is 1. The van der Waals surface area contributed by atoms with Crippen LogP contribution in [0.25, 0.3) is 11.4 Å². The molecule has 0 spiro atoms. The monoisotopic (exact) mass is 257 g/mol. The molecule has 6 heteroatoms. The molecule has 0 amide bonds. The second-order valence-corrected chi connectivity index (χ2v) is 4.05. The lowest BCUT2D eigenvalue weighted by molar-refractivity contribution is -0.384. The highest BCUT2D eigenvalue weighted by atomic mass is 16.6. The lowest BCUT2D eigenvalue weighted by Gasteiger charge is -2.04. The van der Waals surface area contributed by atoms with Crippen molar-refractivity contribution in [1.82, 2.24) is 9.97 Å². The average Bonchev–Trinajstić information content (AvgIpc) is 2.38. The summed E-state index contributed by atoms with van der Waals surface area (Å²) in [7, 11) is 0. The van der Waals surface area contributed by atoms with Gasteiger partial charge in [-0.3, -0.25) is 14.9 Å². The number of hydrogen-bond donors (Lipinski definition) is 0. The average molecular weight is 257 g/mol. The Balaban J connectivity index is 2.39. The van der Waals surface area contributed by atoms with Crippen LogP contribution in [0.5, 0.6) is 0 Å². The van der Waals surface area contributed by atoms with Crippen molar-refractivity contribution in [3.8, 4) is 11.4 Å². The molecule has 0 aliphatic rings. The number of Topliss-reactive ketones (excluding diaryl/α,β-unsaturated/α-hetero) is 1. The molecular formula is C13H11N3O3. The molecule has 1 heterocycles. The number of carbonyl (C=O) groups is 1. The van der Waals surface area contributed by atoms with Gasteiger partial charge in [-0.25, -0.2) is 9.97 Å². The molecular weight excluding hydrogens is 246 g/mol. The third-order valence-corrected chi connectivity index (χ3v) is 2.69. The lowest BCUT2D eigenvalue weighted by atomic mass is 10.1. The molecule has 0 aliphatic carbocycles. The van der Waals surface area contributed by atoms with Crippen molar-refractivity contribution in [2.75, 3.05) is 0 Å². The highest BCUT2D eigenvalue weighted by Gasteiger charge is 2.10. The van der Waals surface area contributed by atoms with Gasteiger partial charge in [0.2, 0.25) is 0 Å². The van der Waals surface area contributed by atoms with Crippen LogP contribution in [0.4, 0.5) is 5.69 Å². The van der Waals surface area contributed by atoms with Gasteiger partial charge >= 0.3 is 0 Å². The highest BCUT2D eigenvalue weighted by Crippen LogP contribution is 2.20. The number of carbonyl (C=O) groups excluding carboxylic acids is 1. The van der Waals surface area contributed by atoms with Crippen LogP contribution in [0.15, 0.2) is 30.5 Å². The molecule has 0 saturated heterocycles. The molecule has 0 saturated carbocycles. The van der Waals surface area contributed by atoms with E-state index in [2.05, 4.69) is 9.97 Å². The zero-order valence-corrected chi connectivity index (χ0v) is 10.5. The van der Waals surface area contributed by atoms with Crippen molar-refractivity contribution in [3.05, 3.63) is 51.8 Å². The largest absolute Gasteiger partial charge is 0.294 e. The molecule has 19 heavy (non-hydrogen) atoms. The van der Waals surface area contributed by atoms with Crippen LogP contribution >= 0.6 is 0 Å². The Morgan fingerprint density at radius 1 is 1.26 bits per heavy atom. The van der Waals surface area contributed by atoms with Gasteiger partial charge in [-0.2, -0.15) is 0 Å². The van der Waals surface area contributed by atoms with Crippen molar-refractivity contribution in [2.45, 2.75) is 13.8 Å². The Labute approximate surface area is 109 Å². The van der Waals surface area contributed by atoms with E-state index in [4.69, 9.17) is 0 Å². The highest BCUT2D eigenvalue weighted by molar-refractivity contribution is 5.94. The van der Waals surface area contributed by atoms with Gasteiger partial charge in [0.15, 0.2) is 11.6 Å². The number of nitro benzene ring substituents is 1. The SMILES string of the molecule is CC(=O)c1cnc(-c2ccc([N+](=O)[O-])cc2)nc1C. The predicted octanol–water partition coefficient (Wildman–Crippen LogP) is 2.56. The predicted molar refractivity (Wildman–Crippen MR) is 68.9 cm³/mol. The van der Waals surface area contributed by atoms with Crippen LogP contribution in [0.1, 0.15) is 23.0 Å². The van der Waals surface area contributed by atoms with Gasteiger partial charge in [0.05, 0.1) is 16.2 Å². The summed E-state index contributed by atoms with van der Waals surface area (Å²) in [5.74, 6) is 0.352. The molecule has 1 aromatic heterocycles. The summed E-state index contributed by atoms with van der Waals surface area (Å²) >= 11 is 0. The van der Waals surface area contributed by atoms with Crippen molar-refractivity contribution >= 4 is 11.5 Å². The fraction of sp³-hybridized carbons (Fsp3) is 0.154. The Bertz CT molecular complexity index is 651. The number of non-ortho nitro benzene ring substituents is 1. The molecule has 0 aliphatic heterocycles. The van der Waals surface area contributed by atoms with Crippen molar-refractivity contribution in [3.63, 3.8) is 0 Å². The molecule has 0 fully saturated rings. The first-order valence-corrected chi connectivity index (χ1v) is 5.58. The van der Waals surface area contributed by atoms with E-state index in [0.717, 1.165) is 0 Å². The summed E-state index contributed by atoms with van der Waals surface area (Å²) in [6.07, 6.45) is 1.47. The fourth-order valence-electron chi connectivity index (χ4n) is 1.68. The summed E-state index contributed by atoms with van der Waals surface area (Å²) in [5, 5.41) is 10.6. The van der Waals surface area contributed by atoms with Gasteiger partial charge in [-0.05, 0) is 26.0 Å². The van der Waals surface area contributed by atoms with Gasteiger partial charge in [-0.1, -0.05) is 0 Å². The zero-order chi connectivity index (χ0) is 14.0. The maximum absolute atomic E-state index is 11.3. The number of nitro groups is 1. The third-order valence-electron chi connectivity index (χ3n) is 2.69. The van der Waals surface area contributed by atoms with Crippen LogP contribution in [0.2, 0.25) is 0 Å². The summed E-state index contributed by atoms with van der Waals surface area (Å²) in [6, 6.07) is 5.96. The van der Waals surface area contributed by atoms with E-state index in [-0.39, 0.29) is 11.5 Å². The van der Waals surface area contributed by atoms with Gasteiger partial charge < -0.3 is 0 Å². The molecule has 96 valence electrons. The molecule has 2 rings (SSSR count). The normalized spacial score (nSPS) is 10.2. The zero-order valence-electron chi connectivity index (χ0n) is 10.5. The molecule has 0 N–H and O–H groups in total. The first kappa shape index (κ1) is 12.8. The minimum absolute atomic E-state index is 0.0147. The number of aromatic nitrogens is 2. The Hall–Kier alpha value is -2.63. The number of benzene rings is 1. The molecule has 0 radical (unpaired) electrons. The number of rotatable bonds is 3. The molecule has 0 unspecified atom stereocenters. The van der Waals surface area contributed by atoms with E-state index in [1.165, 1.54) is 25.3 Å². The standard InChI is InChI=1S/C13H11N3O3/c1-8-12(9(2)17)7-14-13(15-8)10-3-5-11(6-4-10)16(18)19/h3-7H,1-2H3. The topological polar surface area (TPSA) is 86.0 Å². The van der Waals surface area contributed by atoms with Crippen LogP contribution < -0.4 is 0 Å². The summed E-state index contributed by atoms with van der Waals surface area (Å²) in [4.78, 5) is 29.7. The summed E-state index contributed by atoms with van der Waals surface area (Å²) < 4.78 is 0. The van der Waals surface area contributed by atoms with Crippen molar-refractivity contribution < 1.29 is 9.72 Å². The van der Waals surface area contributed by atoms with Gasteiger partial charge in [-0.15, -0.1) is 0 Å². The molecule has 2 aromatic rings. The molecule has 6 nitrogen and oxygen atoms in total. The van der Waals surface area contributed by atoms with Gasteiger partial charge in [0, 0.05) is 23.9 Å². The molecule has 0 bridgehead atoms. The maximum atomic E-state index is 11.3. The number of aryl methyl sites for hydroxylation is 1. The van der Waals surface area contributed by atoms with Gasteiger partial charge in [0.1, 0.15) is 0 Å². The molecule has 1 aromatic carbocycles. The lowest BCUT2D eigenvalue weighted by Crippen LogP contribution is -2.02. The second-order valence-electron chi connectivity index (χ2n) is 4.05. The summed E-state index contributed by atoms with van der Waals surface area (Å²) in [5.41, 5.74) is 1.76. The Kier molecular flexibility index (Phi) is 3.33. The van der Waals surface area contributed by atoms with E-state index in [0.29, 0.717) is 22.6 Å². The van der Waals surface area contributed by atoms with Crippen molar-refractivity contribution in [1.29, 1.82) is 0 Å².